The number of carboxylic acids is 1. The quantitative estimate of drug-likeness (QED) is 0.738. The molecule has 1 aromatic heterocycles. The molecule has 2 aliphatic heterocycles. The zero-order valence-electron chi connectivity index (χ0n) is 10.1. The maximum absolute atomic E-state index is 11.5. The molecule has 3 heterocycles. The van der Waals surface area contributed by atoms with E-state index in [4.69, 9.17) is 5.11 Å². The van der Waals surface area contributed by atoms with Gasteiger partial charge in [-0.1, -0.05) is 0 Å². The summed E-state index contributed by atoms with van der Waals surface area (Å²) in [5.41, 5.74) is -0.0689. The summed E-state index contributed by atoms with van der Waals surface area (Å²) >= 11 is 0. The number of rotatable bonds is 2. The number of urea groups is 1. The second-order valence-corrected chi connectivity index (χ2v) is 4.55. The highest BCUT2D eigenvalue weighted by Gasteiger charge is 2.35. The number of amides is 2. The summed E-state index contributed by atoms with van der Waals surface area (Å²) in [6.07, 6.45) is 2.77. The molecule has 1 aromatic rings. The predicted octanol–water partition coefficient (Wildman–Crippen LogP) is -0.611. The number of carbonyl (C=O) groups is 2. The van der Waals surface area contributed by atoms with Crippen LogP contribution in [0, 0.1) is 0 Å². The van der Waals surface area contributed by atoms with Crippen LogP contribution in [-0.2, 0) is 0 Å². The summed E-state index contributed by atoms with van der Waals surface area (Å²) < 4.78 is 0. The number of anilines is 1. The van der Waals surface area contributed by atoms with E-state index in [2.05, 4.69) is 15.3 Å². The van der Waals surface area contributed by atoms with Gasteiger partial charge in [0.25, 0.3) is 0 Å². The van der Waals surface area contributed by atoms with E-state index in [1.165, 1.54) is 6.20 Å². The number of carbonyl (C=O) groups excluding carboxylic acids is 1. The second-order valence-electron chi connectivity index (χ2n) is 4.55. The molecule has 0 saturated carbocycles. The Balaban J connectivity index is 1.78. The van der Waals surface area contributed by atoms with E-state index >= 15 is 0 Å². The molecule has 19 heavy (non-hydrogen) atoms. The maximum Gasteiger partial charge on any atom is 0.356 e. The van der Waals surface area contributed by atoms with Crippen molar-refractivity contribution in [3.05, 3.63) is 18.1 Å². The van der Waals surface area contributed by atoms with E-state index in [0.717, 1.165) is 0 Å². The first-order valence-electron chi connectivity index (χ1n) is 6.00. The zero-order chi connectivity index (χ0) is 13.4. The standard InChI is InChI=1S/C11H13N5O3/c17-10(18)8-4-12-5-9(14-8)15-1-2-16-7(6-15)3-13-11(16)19/h4-5,7H,1-3,6H2,(H,13,19)(H,17,18). The molecule has 0 bridgehead atoms. The average molecular weight is 263 g/mol. The van der Waals surface area contributed by atoms with Crippen LogP contribution in [0.1, 0.15) is 10.5 Å². The van der Waals surface area contributed by atoms with Crippen molar-refractivity contribution in [1.82, 2.24) is 20.2 Å². The molecule has 8 nitrogen and oxygen atoms in total. The van der Waals surface area contributed by atoms with Gasteiger partial charge in [0, 0.05) is 26.2 Å². The summed E-state index contributed by atoms with van der Waals surface area (Å²) in [5.74, 6) is -0.551. The van der Waals surface area contributed by atoms with Crippen molar-refractivity contribution in [2.75, 3.05) is 31.1 Å². The molecule has 0 aromatic carbocycles. The molecule has 2 N–H and O–H groups in total. The largest absolute Gasteiger partial charge is 0.476 e. The zero-order valence-corrected chi connectivity index (χ0v) is 10.1. The van der Waals surface area contributed by atoms with E-state index in [-0.39, 0.29) is 17.8 Å². The van der Waals surface area contributed by atoms with Crippen molar-refractivity contribution in [2.45, 2.75) is 6.04 Å². The fourth-order valence-electron chi connectivity index (χ4n) is 2.42. The first-order valence-corrected chi connectivity index (χ1v) is 6.00. The fraction of sp³-hybridized carbons (Fsp3) is 0.455. The van der Waals surface area contributed by atoms with E-state index in [0.29, 0.717) is 32.0 Å². The van der Waals surface area contributed by atoms with Gasteiger partial charge in [-0.05, 0) is 0 Å². The number of carboxylic acid groups (broad SMARTS) is 1. The normalized spacial score (nSPS) is 22.1. The summed E-state index contributed by atoms with van der Waals surface area (Å²) in [7, 11) is 0. The Labute approximate surface area is 109 Å². The molecule has 0 radical (unpaired) electrons. The summed E-state index contributed by atoms with van der Waals surface area (Å²) in [5, 5.41) is 11.7. The minimum Gasteiger partial charge on any atom is -0.476 e. The number of nitrogens with one attached hydrogen (secondary N) is 1. The summed E-state index contributed by atoms with van der Waals surface area (Å²) in [4.78, 5) is 34.1. The van der Waals surface area contributed by atoms with Crippen LogP contribution in [0.5, 0.6) is 0 Å². The Morgan fingerprint density at radius 2 is 2.26 bits per heavy atom. The number of piperazine rings is 1. The lowest BCUT2D eigenvalue weighted by Gasteiger charge is -2.36. The van der Waals surface area contributed by atoms with Gasteiger partial charge in [-0.2, -0.15) is 0 Å². The minimum atomic E-state index is -1.09. The van der Waals surface area contributed by atoms with E-state index in [9.17, 15) is 9.59 Å². The van der Waals surface area contributed by atoms with Crippen LogP contribution in [0.25, 0.3) is 0 Å². The molecule has 100 valence electrons. The van der Waals surface area contributed by atoms with Crippen LogP contribution in [-0.4, -0.2) is 64.2 Å². The van der Waals surface area contributed by atoms with Crippen LogP contribution in [0.3, 0.4) is 0 Å². The first kappa shape index (κ1) is 11.7. The van der Waals surface area contributed by atoms with E-state index < -0.39 is 5.97 Å². The van der Waals surface area contributed by atoms with Gasteiger partial charge in [0.05, 0.1) is 18.4 Å². The molecule has 2 aliphatic rings. The molecule has 2 fully saturated rings. The molecule has 0 spiro atoms. The van der Waals surface area contributed by atoms with Crippen molar-refractivity contribution in [3.8, 4) is 0 Å². The maximum atomic E-state index is 11.5. The van der Waals surface area contributed by atoms with Crippen LogP contribution in [0.2, 0.25) is 0 Å². The SMILES string of the molecule is O=C(O)c1cncc(N2CCN3C(=O)NCC3C2)n1. The van der Waals surface area contributed by atoms with Crippen LogP contribution >= 0.6 is 0 Å². The summed E-state index contributed by atoms with van der Waals surface area (Å²) in [6.45, 7) is 2.48. The van der Waals surface area contributed by atoms with Crippen LogP contribution in [0.4, 0.5) is 10.6 Å². The number of hydrogen-bond acceptors (Lipinski definition) is 5. The highest BCUT2D eigenvalue weighted by atomic mass is 16.4. The molecule has 1 unspecified atom stereocenters. The predicted molar refractivity (Wildman–Crippen MR) is 65.1 cm³/mol. The molecular formula is C11H13N5O3. The van der Waals surface area contributed by atoms with Gasteiger partial charge in [-0.3, -0.25) is 4.98 Å². The van der Waals surface area contributed by atoms with Crippen molar-refractivity contribution in [1.29, 1.82) is 0 Å². The van der Waals surface area contributed by atoms with Crippen LogP contribution in [0.15, 0.2) is 12.4 Å². The van der Waals surface area contributed by atoms with Gasteiger partial charge in [-0.15, -0.1) is 0 Å². The number of aromatic carboxylic acids is 1. The van der Waals surface area contributed by atoms with Crippen LogP contribution < -0.4 is 10.2 Å². The number of fused-ring (bicyclic) bond motifs is 1. The van der Waals surface area contributed by atoms with Crippen molar-refractivity contribution >= 4 is 17.8 Å². The van der Waals surface area contributed by atoms with E-state index in [1.807, 2.05) is 4.90 Å². The Bertz CT molecular complexity index is 535. The molecule has 0 aliphatic carbocycles. The topological polar surface area (TPSA) is 98.7 Å². The van der Waals surface area contributed by atoms with Crippen molar-refractivity contribution in [3.63, 3.8) is 0 Å². The first-order chi connectivity index (χ1) is 9.15. The molecule has 1 atom stereocenters. The Morgan fingerprint density at radius 1 is 1.42 bits per heavy atom. The molecule has 2 amide bonds. The van der Waals surface area contributed by atoms with Gasteiger partial charge in [0.15, 0.2) is 5.69 Å². The highest BCUT2D eigenvalue weighted by Crippen LogP contribution is 2.19. The van der Waals surface area contributed by atoms with Gasteiger partial charge < -0.3 is 20.2 Å². The molecule has 8 heteroatoms. The monoisotopic (exact) mass is 263 g/mol. The van der Waals surface area contributed by atoms with Crippen molar-refractivity contribution in [2.24, 2.45) is 0 Å². The van der Waals surface area contributed by atoms with Crippen molar-refractivity contribution < 1.29 is 14.7 Å². The van der Waals surface area contributed by atoms with Gasteiger partial charge in [0.2, 0.25) is 0 Å². The highest BCUT2D eigenvalue weighted by molar-refractivity contribution is 5.85. The van der Waals surface area contributed by atoms with Gasteiger partial charge >= 0.3 is 12.0 Å². The third-order valence-electron chi connectivity index (χ3n) is 3.40. The van der Waals surface area contributed by atoms with Gasteiger partial charge in [0.1, 0.15) is 5.82 Å². The average Bonchev–Trinajstić information content (AvgIpc) is 2.80. The lowest BCUT2D eigenvalue weighted by Crippen LogP contribution is -2.52. The minimum absolute atomic E-state index is 0.0324. The van der Waals surface area contributed by atoms with E-state index in [1.54, 1.807) is 11.1 Å². The Kier molecular flexibility index (Phi) is 2.69. The third kappa shape index (κ3) is 2.05. The molecule has 2 saturated heterocycles. The fourth-order valence-corrected chi connectivity index (χ4v) is 2.42. The lowest BCUT2D eigenvalue weighted by molar-refractivity contribution is 0.0690. The number of nitrogens with zero attached hydrogens (tertiary/aromatic N) is 4. The smallest absolute Gasteiger partial charge is 0.356 e. The van der Waals surface area contributed by atoms with Gasteiger partial charge in [-0.25, -0.2) is 14.6 Å². The number of aromatic nitrogens is 2. The molecular weight excluding hydrogens is 250 g/mol. The second kappa shape index (κ2) is 4.38. The Morgan fingerprint density at radius 3 is 3.05 bits per heavy atom. The summed E-state index contributed by atoms with van der Waals surface area (Å²) in [6, 6.07) is 0.0755. The number of hydrogen-bond donors (Lipinski definition) is 2. The molecule has 3 rings (SSSR count). The lowest BCUT2D eigenvalue weighted by atomic mass is 10.2. The Hall–Kier alpha value is -2.38. The third-order valence-corrected chi connectivity index (χ3v) is 3.40.